The van der Waals surface area contributed by atoms with Gasteiger partial charge in [-0.15, -0.1) is 0 Å². The highest BCUT2D eigenvalue weighted by atomic mass is 16.1. The van der Waals surface area contributed by atoms with E-state index in [4.69, 9.17) is 0 Å². The number of anilines is 2. The van der Waals surface area contributed by atoms with E-state index in [1.807, 2.05) is 25.1 Å². The second-order valence-electron chi connectivity index (χ2n) is 4.91. The van der Waals surface area contributed by atoms with Gasteiger partial charge in [0.05, 0.1) is 5.56 Å². The van der Waals surface area contributed by atoms with Gasteiger partial charge in [0.15, 0.2) is 0 Å². The van der Waals surface area contributed by atoms with Crippen LogP contribution in [0.4, 0.5) is 11.8 Å². The first kappa shape index (κ1) is 15.7. The van der Waals surface area contributed by atoms with Crippen LogP contribution in [0.1, 0.15) is 16.8 Å². The fourth-order valence-corrected chi connectivity index (χ4v) is 1.77. The molecule has 0 fully saturated rings. The number of nitrogens with zero attached hydrogens (tertiary/aromatic N) is 4. The third-order valence-corrected chi connectivity index (χ3v) is 2.96. The Hall–Kier alpha value is -2.70. The molecule has 0 radical (unpaired) electrons. The molecule has 2 N–H and O–H groups in total. The number of amides is 1. The van der Waals surface area contributed by atoms with Crippen molar-refractivity contribution in [3.05, 3.63) is 42.4 Å². The molecule has 22 heavy (non-hydrogen) atoms. The van der Waals surface area contributed by atoms with Crippen molar-refractivity contribution < 1.29 is 4.79 Å². The Bertz CT molecular complexity index is 585. The van der Waals surface area contributed by atoms with Crippen molar-refractivity contribution in [1.29, 1.82) is 0 Å². The van der Waals surface area contributed by atoms with E-state index in [9.17, 15) is 4.79 Å². The standard InChI is InChI=1S/C15H20N6O/c1-21(2)13-6-5-12(11-20-13)14(22)16-7-3-8-17-15-18-9-4-10-19-15/h4-6,9-11H,3,7-8H2,1-2H3,(H,16,22)(H,17,18,19). The number of carbonyl (C=O) groups excluding carboxylic acids is 1. The van der Waals surface area contributed by atoms with Gasteiger partial charge in [0, 0.05) is 45.8 Å². The molecule has 7 nitrogen and oxygen atoms in total. The number of rotatable bonds is 7. The summed E-state index contributed by atoms with van der Waals surface area (Å²) in [5, 5.41) is 5.95. The third kappa shape index (κ3) is 4.69. The molecule has 0 aliphatic carbocycles. The summed E-state index contributed by atoms with van der Waals surface area (Å²) < 4.78 is 0. The second kappa shape index (κ2) is 7.92. The summed E-state index contributed by atoms with van der Waals surface area (Å²) in [6.07, 6.45) is 5.73. The van der Waals surface area contributed by atoms with Crippen LogP contribution in [0.25, 0.3) is 0 Å². The molecular formula is C15H20N6O. The van der Waals surface area contributed by atoms with Crippen LogP contribution in [-0.2, 0) is 0 Å². The Morgan fingerprint density at radius 2 is 1.91 bits per heavy atom. The molecule has 7 heteroatoms. The molecule has 0 aliphatic heterocycles. The van der Waals surface area contributed by atoms with Crippen LogP contribution in [0.2, 0.25) is 0 Å². The van der Waals surface area contributed by atoms with Crippen LogP contribution in [0.5, 0.6) is 0 Å². The average molecular weight is 300 g/mol. The van der Waals surface area contributed by atoms with Gasteiger partial charge in [0.1, 0.15) is 5.82 Å². The van der Waals surface area contributed by atoms with Crippen molar-refractivity contribution in [2.75, 3.05) is 37.4 Å². The minimum absolute atomic E-state index is 0.117. The molecule has 0 saturated heterocycles. The fraction of sp³-hybridized carbons (Fsp3) is 0.333. The Balaban J connectivity index is 1.69. The van der Waals surface area contributed by atoms with E-state index in [0.29, 0.717) is 24.6 Å². The Morgan fingerprint density at radius 1 is 1.14 bits per heavy atom. The van der Waals surface area contributed by atoms with Gasteiger partial charge in [-0.1, -0.05) is 0 Å². The van der Waals surface area contributed by atoms with Crippen LogP contribution in [0.15, 0.2) is 36.8 Å². The van der Waals surface area contributed by atoms with E-state index < -0.39 is 0 Å². The Kier molecular flexibility index (Phi) is 5.65. The van der Waals surface area contributed by atoms with Gasteiger partial charge >= 0.3 is 0 Å². The first-order chi connectivity index (χ1) is 10.7. The van der Waals surface area contributed by atoms with Crippen LogP contribution >= 0.6 is 0 Å². The minimum Gasteiger partial charge on any atom is -0.363 e. The molecule has 0 spiro atoms. The lowest BCUT2D eigenvalue weighted by Gasteiger charge is -2.11. The smallest absolute Gasteiger partial charge is 0.252 e. The quantitative estimate of drug-likeness (QED) is 0.747. The molecule has 0 aromatic carbocycles. The fourth-order valence-electron chi connectivity index (χ4n) is 1.77. The molecule has 0 aliphatic rings. The number of nitrogens with one attached hydrogen (secondary N) is 2. The molecule has 2 rings (SSSR count). The van der Waals surface area contributed by atoms with Crippen molar-refractivity contribution in [1.82, 2.24) is 20.3 Å². The van der Waals surface area contributed by atoms with Crippen LogP contribution in [0, 0.1) is 0 Å². The van der Waals surface area contributed by atoms with E-state index in [1.54, 1.807) is 30.7 Å². The molecule has 2 heterocycles. The third-order valence-electron chi connectivity index (χ3n) is 2.96. The first-order valence-corrected chi connectivity index (χ1v) is 7.09. The maximum atomic E-state index is 11.9. The van der Waals surface area contributed by atoms with Crippen molar-refractivity contribution in [3.63, 3.8) is 0 Å². The second-order valence-corrected chi connectivity index (χ2v) is 4.91. The summed E-state index contributed by atoms with van der Waals surface area (Å²) in [4.78, 5) is 26.2. The van der Waals surface area contributed by atoms with E-state index in [2.05, 4.69) is 25.6 Å². The van der Waals surface area contributed by atoms with Gasteiger partial charge < -0.3 is 15.5 Å². The van der Waals surface area contributed by atoms with Gasteiger partial charge in [-0.2, -0.15) is 0 Å². The molecule has 2 aromatic rings. The lowest BCUT2D eigenvalue weighted by Crippen LogP contribution is -2.26. The van der Waals surface area contributed by atoms with Gasteiger partial charge in [-0.3, -0.25) is 4.79 Å². The van der Waals surface area contributed by atoms with Crippen LogP contribution < -0.4 is 15.5 Å². The van der Waals surface area contributed by atoms with Crippen LogP contribution in [-0.4, -0.2) is 48.0 Å². The lowest BCUT2D eigenvalue weighted by molar-refractivity contribution is 0.0953. The Morgan fingerprint density at radius 3 is 2.55 bits per heavy atom. The maximum Gasteiger partial charge on any atom is 0.252 e. The Labute approximate surface area is 129 Å². The molecule has 0 unspecified atom stereocenters. The van der Waals surface area contributed by atoms with Crippen LogP contribution in [0.3, 0.4) is 0 Å². The topological polar surface area (TPSA) is 83.0 Å². The highest BCUT2D eigenvalue weighted by Gasteiger charge is 2.06. The summed E-state index contributed by atoms with van der Waals surface area (Å²) in [7, 11) is 3.82. The molecule has 1 amide bonds. The van der Waals surface area contributed by atoms with Gasteiger partial charge in [0.2, 0.25) is 5.95 Å². The van der Waals surface area contributed by atoms with Gasteiger partial charge in [-0.05, 0) is 24.6 Å². The van der Waals surface area contributed by atoms with E-state index in [1.165, 1.54) is 0 Å². The summed E-state index contributed by atoms with van der Waals surface area (Å²) in [5.41, 5.74) is 0.560. The molecule has 116 valence electrons. The summed E-state index contributed by atoms with van der Waals surface area (Å²) in [6.45, 7) is 1.27. The SMILES string of the molecule is CN(C)c1ccc(C(=O)NCCCNc2ncccn2)cn1. The normalized spacial score (nSPS) is 10.1. The summed E-state index contributed by atoms with van der Waals surface area (Å²) >= 11 is 0. The van der Waals surface area contributed by atoms with Crippen molar-refractivity contribution in [2.45, 2.75) is 6.42 Å². The van der Waals surface area contributed by atoms with E-state index in [0.717, 1.165) is 12.2 Å². The average Bonchev–Trinajstić information content (AvgIpc) is 2.55. The minimum atomic E-state index is -0.117. The summed E-state index contributed by atoms with van der Waals surface area (Å²) in [6, 6.07) is 5.36. The molecular weight excluding hydrogens is 280 g/mol. The highest BCUT2D eigenvalue weighted by molar-refractivity contribution is 5.94. The predicted octanol–water partition coefficient (Wildman–Crippen LogP) is 1.17. The van der Waals surface area contributed by atoms with Crippen molar-refractivity contribution >= 4 is 17.7 Å². The lowest BCUT2D eigenvalue weighted by atomic mass is 10.2. The number of pyridine rings is 1. The molecule has 2 aromatic heterocycles. The molecule has 0 bridgehead atoms. The van der Waals surface area contributed by atoms with Gasteiger partial charge in [0.25, 0.3) is 5.91 Å². The highest BCUT2D eigenvalue weighted by Crippen LogP contribution is 2.07. The monoisotopic (exact) mass is 300 g/mol. The number of carbonyl (C=O) groups is 1. The predicted molar refractivity (Wildman–Crippen MR) is 86.0 cm³/mol. The van der Waals surface area contributed by atoms with Crippen molar-refractivity contribution in [3.8, 4) is 0 Å². The number of aromatic nitrogens is 3. The largest absolute Gasteiger partial charge is 0.363 e. The summed E-state index contributed by atoms with van der Waals surface area (Å²) in [5.74, 6) is 1.30. The number of hydrogen-bond acceptors (Lipinski definition) is 6. The zero-order valence-electron chi connectivity index (χ0n) is 12.8. The van der Waals surface area contributed by atoms with E-state index in [-0.39, 0.29) is 5.91 Å². The van der Waals surface area contributed by atoms with E-state index >= 15 is 0 Å². The van der Waals surface area contributed by atoms with Crippen molar-refractivity contribution in [2.24, 2.45) is 0 Å². The maximum absolute atomic E-state index is 11.9. The zero-order chi connectivity index (χ0) is 15.8. The molecule has 0 atom stereocenters. The molecule has 0 saturated carbocycles. The van der Waals surface area contributed by atoms with Gasteiger partial charge in [-0.25, -0.2) is 15.0 Å². The zero-order valence-corrected chi connectivity index (χ0v) is 12.8. The number of hydrogen-bond donors (Lipinski definition) is 2. The first-order valence-electron chi connectivity index (χ1n) is 7.09.